The highest BCUT2D eigenvalue weighted by atomic mass is 79.9. The van der Waals surface area contributed by atoms with Crippen LogP contribution in [0.4, 0.5) is 5.69 Å². The average molecular weight is 333 g/mol. The minimum Gasteiger partial charge on any atom is -0.452 e. The zero-order valence-corrected chi connectivity index (χ0v) is 11.7. The fourth-order valence-corrected chi connectivity index (χ4v) is 2.02. The highest BCUT2D eigenvalue weighted by Gasteiger charge is 2.10. The van der Waals surface area contributed by atoms with E-state index in [1.807, 2.05) is 6.07 Å². The molecule has 2 aromatic carbocycles. The Morgan fingerprint density at radius 3 is 2.53 bits per heavy atom. The van der Waals surface area contributed by atoms with Crippen LogP contribution in [0.25, 0.3) is 0 Å². The van der Waals surface area contributed by atoms with Crippen LogP contribution >= 0.6 is 39.1 Å². The first kappa shape index (κ1) is 12.6. The molecular formula is C12H8BrCl2NO. The molecule has 0 aromatic heterocycles. The smallest absolute Gasteiger partial charge is 0.168 e. The third kappa shape index (κ3) is 2.86. The second-order valence-corrected chi connectivity index (χ2v) is 5.07. The SMILES string of the molecule is Nc1cccc(Cl)c1Oc1cc(Br)ccc1Cl. The van der Waals surface area contributed by atoms with Crippen LogP contribution in [0.2, 0.25) is 10.0 Å². The zero-order chi connectivity index (χ0) is 12.4. The van der Waals surface area contributed by atoms with Crippen LogP contribution in [0.3, 0.4) is 0 Å². The summed E-state index contributed by atoms with van der Waals surface area (Å²) < 4.78 is 6.50. The van der Waals surface area contributed by atoms with Crippen molar-refractivity contribution in [3.63, 3.8) is 0 Å². The molecule has 0 saturated carbocycles. The van der Waals surface area contributed by atoms with E-state index in [0.29, 0.717) is 27.2 Å². The van der Waals surface area contributed by atoms with Crippen LogP contribution in [0.1, 0.15) is 0 Å². The number of nitrogens with two attached hydrogens (primary N) is 1. The van der Waals surface area contributed by atoms with Crippen molar-refractivity contribution in [1.29, 1.82) is 0 Å². The highest BCUT2D eigenvalue weighted by Crippen LogP contribution is 2.38. The van der Waals surface area contributed by atoms with Gasteiger partial charge in [0.15, 0.2) is 5.75 Å². The molecule has 0 amide bonds. The molecule has 88 valence electrons. The van der Waals surface area contributed by atoms with E-state index in [9.17, 15) is 0 Å². The van der Waals surface area contributed by atoms with Crippen LogP contribution in [-0.4, -0.2) is 0 Å². The number of nitrogen functional groups attached to an aromatic ring is 1. The maximum atomic E-state index is 6.02. The molecule has 0 heterocycles. The Balaban J connectivity index is 2.41. The molecule has 0 aliphatic carbocycles. The summed E-state index contributed by atoms with van der Waals surface area (Å²) in [4.78, 5) is 0. The maximum Gasteiger partial charge on any atom is 0.168 e. The summed E-state index contributed by atoms with van der Waals surface area (Å²) in [7, 11) is 0. The predicted octanol–water partition coefficient (Wildman–Crippen LogP) is 5.13. The Morgan fingerprint density at radius 2 is 1.82 bits per heavy atom. The summed E-state index contributed by atoms with van der Waals surface area (Å²) in [6, 6.07) is 10.5. The lowest BCUT2D eigenvalue weighted by Gasteiger charge is -2.11. The molecule has 2 nitrogen and oxygen atoms in total. The molecule has 2 rings (SSSR count). The predicted molar refractivity (Wildman–Crippen MR) is 75.1 cm³/mol. The maximum absolute atomic E-state index is 6.02. The number of anilines is 1. The van der Waals surface area contributed by atoms with Crippen molar-refractivity contribution < 1.29 is 4.74 Å². The van der Waals surface area contributed by atoms with Crippen molar-refractivity contribution in [1.82, 2.24) is 0 Å². The number of rotatable bonds is 2. The van der Waals surface area contributed by atoms with E-state index in [-0.39, 0.29) is 0 Å². The molecule has 0 radical (unpaired) electrons. The van der Waals surface area contributed by atoms with Gasteiger partial charge in [-0.25, -0.2) is 0 Å². The molecule has 0 unspecified atom stereocenters. The van der Waals surface area contributed by atoms with Crippen molar-refractivity contribution in [3.05, 3.63) is 50.9 Å². The van der Waals surface area contributed by atoms with Crippen LogP contribution in [-0.2, 0) is 0 Å². The minimum absolute atomic E-state index is 0.411. The highest BCUT2D eigenvalue weighted by molar-refractivity contribution is 9.10. The van der Waals surface area contributed by atoms with Gasteiger partial charge in [-0.3, -0.25) is 0 Å². The molecule has 0 atom stereocenters. The Bertz CT molecular complexity index is 540. The fourth-order valence-electron chi connectivity index (χ4n) is 1.30. The van der Waals surface area contributed by atoms with E-state index in [2.05, 4.69) is 15.9 Å². The van der Waals surface area contributed by atoms with Gasteiger partial charge < -0.3 is 10.5 Å². The summed E-state index contributed by atoms with van der Waals surface area (Å²) in [5, 5.41) is 0.938. The molecule has 2 aromatic rings. The van der Waals surface area contributed by atoms with Crippen molar-refractivity contribution in [2.75, 3.05) is 5.73 Å². The molecule has 0 saturated heterocycles. The second kappa shape index (κ2) is 5.17. The lowest BCUT2D eigenvalue weighted by Crippen LogP contribution is -1.93. The van der Waals surface area contributed by atoms with Crippen molar-refractivity contribution in [2.45, 2.75) is 0 Å². The molecule has 17 heavy (non-hydrogen) atoms. The van der Waals surface area contributed by atoms with Gasteiger partial charge in [0.2, 0.25) is 0 Å². The molecule has 2 N–H and O–H groups in total. The van der Waals surface area contributed by atoms with Gasteiger partial charge in [0.05, 0.1) is 15.7 Å². The van der Waals surface area contributed by atoms with E-state index in [4.69, 9.17) is 33.7 Å². The van der Waals surface area contributed by atoms with Crippen molar-refractivity contribution >= 4 is 44.8 Å². The van der Waals surface area contributed by atoms with Gasteiger partial charge in [-0.05, 0) is 30.3 Å². The standard InChI is InChI=1S/C12H8BrCl2NO/c13-7-4-5-8(14)11(6-7)17-12-9(15)2-1-3-10(12)16/h1-6H,16H2. The summed E-state index contributed by atoms with van der Waals surface area (Å²) in [5.74, 6) is 0.912. The molecule has 5 heteroatoms. The summed E-state index contributed by atoms with van der Waals surface area (Å²) in [6.45, 7) is 0. The van der Waals surface area contributed by atoms with Crippen LogP contribution in [0.15, 0.2) is 40.9 Å². The first-order valence-corrected chi connectivity index (χ1v) is 6.29. The normalized spacial score (nSPS) is 10.3. The summed E-state index contributed by atoms with van der Waals surface area (Å²) in [6.07, 6.45) is 0. The van der Waals surface area contributed by atoms with E-state index < -0.39 is 0 Å². The third-order valence-corrected chi connectivity index (χ3v) is 3.21. The summed E-state index contributed by atoms with van der Waals surface area (Å²) >= 11 is 15.4. The Labute approximate surface area is 117 Å². The number of para-hydroxylation sites is 1. The molecular weight excluding hydrogens is 325 g/mol. The van der Waals surface area contributed by atoms with Gasteiger partial charge in [0, 0.05) is 4.47 Å². The van der Waals surface area contributed by atoms with Gasteiger partial charge in [-0.2, -0.15) is 0 Å². The molecule has 0 fully saturated rings. The van der Waals surface area contributed by atoms with Crippen LogP contribution in [0, 0.1) is 0 Å². The lowest BCUT2D eigenvalue weighted by atomic mass is 10.3. The average Bonchev–Trinajstić information content (AvgIpc) is 2.28. The fraction of sp³-hybridized carbons (Fsp3) is 0. The minimum atomic E-state index is 0.411. The van der Waals surface area contributed by atoms with Gasteiger partial charge in [-0.15, -0.1) is 0 Å². The Hall–Kier alpha value is -0.900. The monoisotopic (exact) mass is 331 g/mol. The number of benzene rings is 2. The number of halogens is 3. The lowest BCUT2D eigenvalue weighted by molar-refractivity contribution is 0.485. The van der Waals surface area contributed by atoms with Crippen LogP contribution in [0.5, 0.6) is 11.5 Å². The Morgan fingerprint density at radius 1 is 1.06 bits per heavy atom. The molecule has 0 spiro atoms. The van der Waals surface area contributed by atoms with Gasteiger partial charge in [0.1, 0.15) is 5.75 Å². The van der Waals surface area contributed by atoms with Gasteiger partial charge >= 0.3 is 0 Å². The molecule has 0 aliphatic rings. The first-order chi connectivity index (χ1) is 8.08. The third-order valence-electron chi connectivity index (χ3n) is 2.10. The summed E-state index contributed by atoms with van der Waals surface area (Å²) in [5.41, 5.74) is 6.26. The zero-order valence-electron chi connectivity index (χ0n) is 8.58. The number of ether oxygens (including phenoxy) is 1. The van der Waals surface area contributed by atoms with Crippen molar-refractivity contribution in [2.24, 2.45) is 0 Å². The van der Waals surface area contributed by atoms with Gasteiger partial charge in [0.25, 0.3) is 0 Å². The van der Waals surface area contributed by atoms with E-state index in [0.717, 1.165) is 4.47 Å². The topological polar surface area (TPSA) is 35.2 Å². The van der Waals surface area contributed by atoms with Crippen molar-refractivity contribution in [3.8, 4) is 11.5 Å². The largest absolute Gasteiger partial charge is 0.452 e. The number of hydrogen-bond donors (Lipinski definition) is 1. The molecule has 0 aliphatic heterocycles. The first-order valence-electron chi connectivity index (χ1n) is 4.75. The number of hydrogen-bond acceptors (Lipinski definition) is 2. The van der Waals surface area contributed by atoms with E-state index in [1.165, 1.54) is 0 Å². The van der Waals surface area contributed by atoms with Crippen LogP contribution < -0.4 is 10.5 Å². The quantitative estimate of drug-likeness (QED) is 0.773. The van der Waals surface area contributed by atoms with Gasteiger partial charge in [-0.1, -0.05) is 45.2 Å². The second-order valence-electron chi connectivity index (χ2n) is 3.33. The van der Waals surface area contributed by atoms with E-state index >= 15 is 0 Å². The van der Waals surface area contributed by atoms with E-state index in [1.54, 1.807) is 30.3 Å². The Kier molecular flexibility index (Phi) is 3.82. The molecule has 0 bridgehead atoms.